The number of aromatic nitrogens is 2. The van der Waals surface area contributed by atoms with Gasteiger partial charge in [0, 0.05) is 4.47 Å². The SMILES string of the molecule is O=c1c2cc(Br)ccc2n(-c2ccccc2)n1-c1ccc(OCc2ccccc2)cc1. The average Bonchev–Trinajstić information content (AvgIpc) is 3.11. The number of benzene rings is 4. The van der Waals surface area contributed by atoms with Gasteiger partial charge in [0.15, 0.2) is 0 Å². The summed E-state index contributed by atoms with van der Waals surface area (Å²) in [6.45, 7) is 0.498. The highest BCUT2D eigenvalue weighted by Crippen LogP contribution is 2.24. The molecular formula is C26H19BrN2O2. The van der Waals surface area contributed by atoms with Crippen LogP contribution in [0.15, 0.2) is 112 Å². The van der Waals surface area contributed by atoms with E-state index in [-0.39, 0.29) is 5.56 Å². The normalized spacial score (nSPS) is 11.0. The molecule has 0 aliphatic carbocycles. The van der Waals surface area contributed by atoms with Crippen molar-refractivity contribution in [2.24, 2.45) is 0 Å². The van der Waals surface area contributed by atoms with E-state index in [4.69, 9.17) is 4.74 Å². The van der Waals surface area contributed by atoms with E-state index in [0.29, 0.717) is 12.0 Å². The summed E-state index contributed by atoms with van der Waals surface area (Å²) in [4.78, 5) is 13.4. The predicted octanol–water partition coefficient (Wildman–Crippen LogP) is 6.12. The summed E-state index contributed by atoms with van der Waals surface area (Å²) < 4.78 is 10.4. The summed E-state index contributed by atoms with van der Waals surface area (Å²) in [7, 11) is 0. The fourth-order valence-electron chi connectivity index (χ4n) is 3.66. The van der Waals surface area contributed by atoms with Crippen molar-refractivity contribution >= 4 is 26.8 Å². The molecule has 0 saturated carbocycles. The zero-order chi connectivity index (χ0) is 21.2. The summed E-state index contributed by atoms with van der Waals surface area (Å²) in [6.07, 6.45) is 0. The van der Waals surface area contributed by atoms with E-state index < -0.39 is 0 Å². The van der Waals surface area contributed by atoms with Crippen molar-refractivity contribution in [3.8, 4) is 17.1 Å². The van der Waals surface area contributed by atoms with Crippen LogP contribution in [-0.4, -0.2) is 9.36 Å². The lowest BCUT2D eigenvalue weighted by Crippen LogP contribution is -2.20. The first-order valence-electron chi connectivity index (χ1n) is 9.96. The maximum absolute atomic E-state index is 13.4. The predicted molar refractivity (Wildman–Crippen MR) is 127 cm³/mol. The zero-order valence-corrected chi connectivity index (χ0v) is 18.2. The Bertz CT molecular complexity index is 1390. The van der Waals surface area contributed by atoms with Crippen LogP contribution in [-0.2, 0) is 6.61 Å². The molecule has 152 valence electrons. The summed E-state index contributed by atoms with van der Waals surface area (Å²) in [5.74, 6) is 0.755. The molecule has 31 heavy (non-hydrogen) atoms. The molecule has 0 N–H and O–H groups in total. The largest absolute Gasteiger partial charge is 0.489 e. The molecule has 0 unspecified atom stereocenters. The molecule has 0 bridgehead atoms. The first-order valence-corrected chi connectivity index (χ1v) is 10.8. The van der Waals surface area contributed by atoms with Crippen molar-refractivity contribution in [1.82, 2.24) is 9.36 Å². The minimum Gasteiger partial charge on any atom is -0.489 e. The van der Waals surface area contributed by atoms with Gasteiger partial charge in [0.2, 0.25) is 0 Å². The number of hydrogen-bond acceptors (Lipinski definition) is 2. The molecule has 0 radical (unpaired) electrons. The third kappa shape index (κ3) is 3.80. The highest BCUT2D eigenvalue weighted by molar-refractivity contribution is 9.10. The first kappa shape index (κ1) is 19.4. The molecule has 1 heterocycles. The van der Waals surface area contributed by atoms with Crippen molar-refractivity contribution in [3.05, 3.63) is 124 Å². The lowest BCUT2D eigenvalue weighted by Gasteiger charge is -2.14. The first-order chi connectivity index (χ1) is 15.2. The van der Waals surface area contributed by atoms with Crippen LogP contribution in [0.25, 0.3) is 22.3 Å². The molecule has 4 aromatic carbocycles. The maximum Gasteiger partial charge on any atom is 0.279 e. The van der Waals surface area contributed by atoms with E-state index >= 15 is 0 Å². The smallest absolute Gasteiger partial charge is 0.279 e. The van der Waals surface area contributed by atoms with E-state index in [2.05, 4.69) is 15.9 Å². The van der Waals surface area contributed by atoms with Gasteiger partial charge in [-0.2, -0.15) is 0 Å². The monoisotopic (exact) mass is 470 g/mol. The molecular weight excluding hydrogens is 452 g/mol. The Labute approximate surface area is 188 Å². The summed E-state index contributed by atoms with van der Waals surface area (Å²) in [6, 6.07) is 33.3. The number of nitrogens with zero attached hydrogens (tertiary/aromatic N) is 2. The fraction of sp³-hybridized carbons (Fsp3) is 0.0385. The number of para-hydroxylation sites is 1. The fourth-order valence-corrected chi connectivity index (χ4v) is 4.02. The van der Waals surface area contributed by atoms with Crippen LogP contribution in [0.5, 0.6) is 5.75 Å². The van der Waals surface area contributed by atoms with Gasteiger partial charge in [-0.05, 0) is 60.2 Å². The second-order valence-electron chi connectivity index (χ2n) is 7.19. The molecule has 1 aromatic heterocycles. The minimum atomic E-state index is -0.0712. The number of ether oxygens (including phenoxy) is 1. The topological polar surface area (TPSA) is 36.2 Å². The average molecular weight is 471 g/mol. The maximum atomic E-state index is 13.4. The highest BCUT2D eigenvalue weighted by Gasteiger charge is 2.16. The van der Waals surface area contributed by atoms with Crippen LogP contribution in [0, 0.1) is 0 Å². The van der Waals surface area contributed by atoms with Gasteiger partial charge in [-0.1, -0.05) is 64.5 Å². The number of rotatable bonds is 5. The molecule has 5 rings (SSSR count). The van der Waals surface area contributed by atoms with E-state index in [1.807, 2.05) is 108 Å². The van der Waals surface area contributed by atoms with Gasteiger partial charge in [-0.25, -0.2) is 9.36 Å². The molecule has 5 aromatic rings. The van der Waals surface area contributed by atoms with E-state index in [1.165, 1.54) is 0 Å². The van der Waals surface area contributed by atoms with Gasteiger partial charge in [-0.15, -0.1) is 0 Å². The second kappa shape index (κ2) is 8.28. The van der Waals surface area contributed by atoms with E-state index in [0.717, 1.165) is 32.7 Å². The molecule has 4 nitrogen and oxygen atoms in total. The van der Waals surface area contributed by atoms with Gasteiger partial charge in [-0.3, -0.25) is 4.79 Å². The summed E-state index contributed by atoms with van der Waals surface area (Å²) in [5.41, 5.74) is 3.58. The molecule has 0 atom stereocenters. The Morgan fingerprint density at radius 3 is 2.06 bits per heavy atom. The number of hydrogen-bond donors (Lipinski definition) is 0. The summed E-state index contributed by atoms with van der Waals surface area (Å²) in [5, 5.41) is 0.655. The van der Waals surface area contributed by atoms with Gasteiger partial charge < -0.3 is 4.74 Å². The number of halogens is 1. The zero-order valence-electron chi connectivity index (χ0n) is 16.6. The lowest BCUT2D eigenvalue weighted by atomic mass is 10.2. The van der Waals surface area contributed by atoms with Crippen LogP contribution in [0.4, 0.5) is 0 Å². The molecule has 5 heteroatoms. The van der Waals surface area contributed by atoms with Crippen LogP contribution < -0.4 is 10.3 Å². The van der Waals surface area contributed by atoms with E-state index in [9.17, 15) is 4.79 Å². The van der Waals surface area contributed by atoms with Gasteiger partial charge in [0.1, 0.15) is 12.4 Å². The second-order valence-corrected chi connectivity index (χ2v) is 8.11. The molecule has 0 amide bonds. The van der Waals surface area contributed by atoms with Gasteiger partial charge in [0.05, 0.1) is 22.3 Å². The molecule has 0 fully saturated rings. The van der Waals surface area contributed by atoms with Crippen molar-refractivity contribution < 1.29 is 4.74 Å². The molecule has 0 spiro atoms. The Morgan fingerprint density at radius 2 is 1.35 bits per heavy atom. The van der Waals surface area contributed by atoms with Crippen molar-refractivity contribution in [3.63, 3.8) is 0 Å². The molecule has 0 aliphatic rings. The van der Waals surface area contributed by atoms with Crippen molar-refractivity contribution in [2.75, 3.05) is 0 Å². The van der Waals surface area contributed by atoms with Crippen LogP contribution >= 0.6 is 15.9 Å². The Hall–Kier alpha value is -3.57. The third-order valence-electron chi connectivity index (χ3n) is 5.14. The van der Waals surface area contributed by atoms with Crippen LogP contribution in [0.2, 0.25) is 0 Å². The Balaban J connectivity index is 1.57. The number of fused-ring (bicyclic) bond motifs is 1. The van der Waals surface area contributed by atoms with Crippen LogP contribution in [0.3, 0.4) is 0 Å². The third-order valence-corrected chi connectivity index (χ3v) is 5.63. The Kier molecular flexibility index (Phi) is 5.18. The van der Waals surface area contributed by atoms with E-state index in [1.54, 1.807) is 4.68 Å². The highest BCUT2D eigenvalue weighted by atomic mass is 79.9. The minimum absolute atomic E-state index is 0.0712. The standard InChI is InChI=1S/C26H19BrN2O2/c27-20-11-16-25-24(17-20)26(30)29(28(25)21-9-5-2-6-10-21)22-12-14-23(15-13-22)31-18-19-7-3-1-4-8-19/h1-17H,18H2. The Morgan fingerprint density at radius 1 is 0.710 bits per heavy atom. The van der Waals surface area contributed by atoms with Gasteiger partial charge >= 0.3 is 0 Å². The molecule has 0 saturated heterocycles. The lowest BCUT2D eigenvalue weighted by molar-refractivity contribution is 0.306. The van der Waals surface area contributed by atoms with Crippen molar-refractivity contribution in [2.45, 2.75) is 6.61 Å². The quantitative estimate of drug-likeness (QED) is 0.310. The van der Waals surface area contributed by atoms with Crippen molar-refractivity contribution in [1.29, 1.82) is 0 Å². The van der Waals surface area contributed by atoms with Crippen LogP contribution in [0.1, 0.15) is 5.56 Å². The summed E-state index contributed by atoms with van der Waals surface area (Å²) >= 11 is 3.48. The molecule has 0 aliphatic heterocycles. The van der Waals surface area contributed by atoms with Gasteiger partial charge in [0.25, 0.3) is 5.56 Å².